The summed E-state index contributed by atoms with van der Waals surface area (Å²) in [6.45, 7) is 0.263. The van der Waals surface area contributed by atoms with E-state index in [0.717, 1.165) is 11.6 Å². The summed E-state index contributed by atoms with van der Waals surface area (Å²) >= 11 is 0. The monoisotopic (exact) mass is 517 g/mol. The van der Waals surface area contributed by atoms with Gasteiger partial charge < -0.3 is 29.7 Å². The number of carboxylic acid groups (broad SMARTS) is 1. The van der Waals surface area contributed by atoms with Gasteiger partial charge in [0.1, 0.15) is 47.4 Å². The molecule has 7 nitrogen and oxygen atoms in total. The largest absolute Gasteiger partial charge is 0.490 e. The third kappa shape index (κ3) is 6.93. The molecular formula is C27H26F3NO6. The van der Waals surface area contributed by atoms with Gasteiger partial charge in [-0.05, 0) is 60.9 Å². The van der Waals surface area contributed by atoms with Crippen molar-refractivity contribution in [2.45, 2.75) is 31.2 Å². The fourth-order valence-corrected chi connectivity index (χ4v) is 3.97. The summed E-state index contributed by atoms with van der Waals surface area (Å²) in [7, 11) is 0. The number of benzene rings is 3. The lowest BCUT2D eigenvalue weighted by Gasteiger charge is -2.27. The fourth-order valence-electron chi connectivity index (χ4n) is 3.97. The number of nitrogens with one attached hydrogen (secondary N) is 1. The van der Waals surface area contributed by atoms with Gasteiger partial charge >= 0.3 is 12.1 Å². The number of aliphatic hydroxyl groups excluding tert-OH is 1. The van der Waals surface area contributed by atoms with Gasteiger partial charge in [-0.1, -0.05) is 24.3 Å². The highest BCUT2D eigenvalue weighted by atomic mass is 19.4. The Kier molecular flexibility index (Phi) is 8.20. The number of hydrogen-bond acceptors (Lipinski definition) is 6. The van der Waals surface area contributed by atoms with Crippen LogP contribution < -0.4 is 19.5 Å². The minimum absolute atomic E-state index is 0.0692. The number of hydrogen-bond donors (Lipinski definition) is 3. The first kappa shape index (κ1) is 26.3. The Morgan fingerprint density at radius 2 is 1.81 bits per heavy atom. The minimum Gasteiger partial charge on any atom is -0.490 e. The van der Waals surface area contributed by atoms with Crippen LogP contribution in [0.15, 0.2) is 66.7 Å². The zero-order valence-electron chi connectivity index (χ0n) is 19.7. The van der Waals surface area contributed by atoms with Gasteiger partial charge in [0.15, 0.2) is 0 Å². The molecule has 0 amide bonds. The number of halogens is 3. The normalized spacial score (nSPS) is 15.8. The second kappa shape index (κ2) is 11.5. The van der Waals surface area contributed by atoms with Crippen molar-refractivity contribution in [3.05, 3.63) is 83.4 Å². The Hall–Kier alpha value is -3.76. The van der Waals surface area contributed by atoms with E-state index in [1.807, 2.05) is 6.07 Å². The maximum atomic E-state index is 13.1. The highest BCUT2D eigenvalue weighted by Gasteiger charge is 2.34. The van der Waals surface area contributed by atoms with Crippen molar-refractivity contribution in [2.24, 2.45) is 0 Å². The van der Waals surface area contributed by atoms with Gasteiger partial charge in [0, 0.05) is 13.1 Å². The van der Waals surface area contributed by atoms with Crippen molar-refractivity contribution in [2.75, 3.05) is 19.7 Å². The third-order valence-electron chi connectivity index (χ3n) is 5.78. The molecule has 1 heterocycles. The molecule has 10 heteroatoms. The smallest absolute Gasteiger partial charge is 0.419 e. The van der Waals surface area contributed by atoms with Crippen LogP contribution in [0.3, 0.4) is 0 Å². The summed E-state index contributed by atoms with van der Waals surface area (Å²) in [6, 6.07) is 16.6. The summed E-state index contributed by atoms with van der Waals surface area (Å²) in [4.78, 5) is 11.4. The summed E-state index contributed by atoms with van der Waals surface area (Å²) in [5, 5.41) is 22.5. The van der Waals surface area contributed by atoms with Crippen LogP contribution in [-0.4, -0.2) is 48.1 Å². The molecular weight excluding hydrogens is 491 g/mol. The number of carbonyl (C=O) groups is 1. The quantitative estimate of drug-likeness (QED) is 0.351. The van der Waals surface area contributed by atoms with E-state index in [4.69, 9.17) is 14.2 Å². The average Bonchev–Trinajstić information content (AvgIpc) is 2.87. The van der Waals surface area contributed by atoms with E-state index in [2.05, 4.69) is 5.32 Å². The Balaban J connectivity index is 1.25. The second-order valence-corrected chi connectivity index (χ2v) is 8.57. The number of carboxylic acids is 1. The molecule has 1 aliphatic heterocycles. The molecule has 196 valence electrons. The lowest BCUT2D eigenvalue weighted by Crippen LogP contribution is -2.39. The van der Waals surface area contributed by atoms with Crippen molar-refractivity contribution in [3.63, 3.8) is 0 Å². The maximum Gasteiger partial charge on any atom is 0.419 e. The third-order valence-corrected chi connectivity index (χ3v) is 5.78. The molecule has 0 spiro atoms. The number of aliphatic hydroxyl groups is 1. The van der Waals surface area contributed by atoms with Crippen LogP contribution in [0.5, 0.6) is 23.0 Å². The lowest BCUT2D eigenvalue weighted by atomic mass is 10.0. The number of fused-ring (bicyclic) bond motifs is 1. The van der Waals surface area contributed by atoms with Gasteiger partial charge in [-0.25, -0.2) is 4.79 Å². The zero-order valence-corrected chi connectivity index (χ0v) is 19.7. The Bertz CT molecular complexity index is 1230. The highest BCUT2D eigenvalue weighted by Crippen LogP contribution is 2.36. The first-order valence-electron chi connectivity index (χ1n) is 11.7. The van der Waals surface area contributed by atoms with E-state index in [1.54, 1.807) is 30.3 Å². The second-order valence-electron chi connectivity index (χ2n) is 8.57. The van der Waals surface area contributed by atoms with Crippen molar-refractivity contribution in [1.82, 2.24) is 5.32 Å². The summed E-state index contributed by atoms with van der Waals surface area (Å²) < 4.78 is 56.2. The van der Waals surface area contributed by atoms with Crippen LogP contribution >= 0.6 is 0 Å². The topological polar surface area (TPSA) is 97.3 Å². The van der Waals surface area contributed by atoms with E-state index in [0.29, 0.717) is 30.9 Å². The number of para-hydroxylation sites is 2. The van der Waals surface area contributed by atoms with Gasteiger partial charge in [-0.2, -0.15) is 13.2 Å². The highest BCUT2D eigenvalue weighted by molar-refractivity contribution is 5.90. The number of alkyl halides is 3. The standard InChI is InChI=1S/C27H26F3NO6/c28-27(29,30)22-6-2-4-8-25(22)35-16-18(32)14-31-15-20-10-9-17-13-19(11-12-23(17)37-20)36-24-7-3-1-5-21(24)26(33)34/h1-8,11-13,18,20,31-32H,9-10,14-16H2,(H,33,34)/t18-,20+/m0/s1. The summed E-state index contributed by atoms with van der Waals surface area (Å²) in [5.74, 6) is 0.0386. The minimum atomic E-state index is -4.54. The molecule has 4 rings (SSSR count). The molecule has 3 aromatic carbocycles. The van der Waals surface area contributed by atoms with Gasteiger partial charge in [0.2, 0.25) is 0 Å². The van der Waals surface area contributed by atoms with Gasteiger partial charge in [0.05, 0.1) is 5.56 Å². The van der Waals surface area contributed by atoms with Gasteiger partial charge in [-0.15, -0.1) is 0 Å². The number of ether oxygens (including phenoxy) is 3. The molecule has 0 saturated heterocycles. The van der Waals surface area contributed by atoms with Gasteiger partial charge in [0.25, 0.3) is 0 Å². The maximum absolute atomic E-state index is 13.1. The SMILES string of the molecule is O=C(O)c1ccccc1Oc1ccc2c(c1)CC[C@H](CNC[C@H](O)COc1ccccc1C(F)(F)F)O2. The van der Waals surface area contributed by atoms with Crippen molar-refractivity contribution >= 4 is 5.97 Å². The molecule has 0 aliphatic carbocycles. The fraction of sp³-hybridized carbons (Fsp3) is 0.296. The van der Waals surface area contributed by atoms with Crippen LogP contribution in [-0.2, 0) is 12.6 Å². The van der Waals surface area contributed by atoms with Crippen LogP contribution in [0.4, 0.5) is 13.2 Å². The predicted molar refractivity (Wildman–Crippen MR) is 128 cm³/mol. The Morgan fingerprint density at radius 1 is 1.08 bits per heavy atom. The molecule has 1 aliphatic rings. The van der Waals surface area contributed by atoms with E-state index < -0.39 is 23.8 Å². The molecule has 0 radical (unpaired) electrons. The van der Waals surface area contributed by atoms with E-state index in [9.17, 15) is 28.2 Å². The van der Waals surface area contributed by atoms with Crippen molar-refractivity contribution in [3.8, 4) is 23.0 Å². The van der Waals surface area contributed by atoms with Crippen LogP contribution in [0, 0.1) is 0 Å². The molecule has 0 bridgehead atoms. The molecule has 2 atom stereocenters. The van der Waals surface area contributed by atoms with Crippen molar-refractivity contribution < 1.29 is 42.4 Å². The Labute approximate surface area is 211 Å². The molecule has 0 unspecified atom stereocenters. The van der Waals surface area contributed by atoms with E-state index >= 15 is 0 Å². The first-order valence-corrected chi connectivity index (χ1v) is 11.7. The van der Waals surface area contributed by atoms with Crippen LogP contribution in [0.1, 0.15) is 27.9 Å². The lowest BCUT2D eigenvalue weighted by molar-refractivity contribution is -0.139. The summed E-state index contributed by atoms with van der Waals surface area (Å²) in [6.07, 6.45) is -4.30. The average molecular weight is 518 g/mol. The first-order chi connectivity index (χ1) is 17.7. The molecule has 3 N–H and O–H groups in total. The number of aromatic carboxylic acids is 1. The van der Waals surface area contributed by atoms with Gasteiger partial charge in [-0.3, -0.25) is 0 Å². The molecule has 0 fully saturated rings. The number of aryl methyl sites for hydroxylation is 1. The zero-order chi connectivity index (χ0) is 26.4. The Morgan fingerprint density at radius 3 is 2.57 bits per heavy atom. The molecule has 37 heavy (non-hydrogen) atoms. The predicted octanol–water partition coefficient (Wildman–Crippen LogP) is 4.92. The van der Waals surface area contributed by atoms with Crippen LogP contribution in [0.2, 0.25) is 0 Å². The van der Waals surface area contributed by atoms with Crippen LogP contribution in [0.25, 0.3) is 0 Å². The molecule has 3 aromatic rings. The van der Waals surface area contributed by atoms with E-state index in [1.165, 1.54) is 24.3 Å². The molecule has 0 aromatic heterocycles. The van der Waals surface area contributed by atoms with E-state index in [-0.39, 0.29) is 36.3 Å². The molecule has 0 saturated carbocycles. The summed E-state index contributed by atoms with van der Waals surface area (Å²) in [5.41, 5.74) is 0.113. The van der Waals surface area contributed by atoms with Crippen molar-refractivity contribution in [1.29, 1.82) is 0 Å². The number of rotatable bonds is 10.